The third-order valence-corrected chi connectivity index (χ3v) is 4.33. The summed E-state index contributed by atoms with van der Waals surface area (Å²) in [7, 11) is 0. The molecule has 1 aromatic carbocycles. The zero-order valence-corrected chi connectivity index (χ0v) is 19.8. The van der Waals surface area contributed by atoms with Crippen LogP contribution in [-0.4, -0.2) is 52.1 Å². The highest BCUT2D eigenvalue weighted by atomic mass is 16.6. The van der Waals surface area contributed by atoms with Gasteiger partial charge in [-0.25, -0.2) is 4.79 Å². The number of nitrogens with one attached hydrogen (secondary N) is 2. The topological polar surface area (TPSA) is 132 Å². The SMILES string of the molecule is CC(C)NC(=O)C(c1ccc(O)cc1)N(CC#N)C(=O)C(NC(=O)OC(C)(C)C)C(C)C. The predicted octanol–water partition coefficient (Wildman–Crippen LogP) is 2.86. The van der Waals surface area contributed by atoms with Crippen molar-refractivity contribution in [3.8, 4) is 11.8 Å². The van der Waals surface area contributed by atoms with Crippen molar-refractivity contribution < 1.29 is 24.2 Å². The van der Waals surface area contributed by atoms with Gasteiger partial charge >= 0.3 is 6.09 Å². The first-order valence-corrected chi connectivity index (χ1v) is 10.5. The number of phenols is 1. The number of alkyl carbamates (subject to hydrolysis) is 1. The summed E-state index contributed by atoms with van der Waals surface area (Å²) in [4.78, 5) is 40.1. The van der Waals surface area contributed by atoms with Gasteiger partial charge in [0, 0.05) is 6.04 Å². The number of carbonyl (C=O) groups excluding carboxylic acids is 3. The highest BCUT2D eigenvalue weighted by Crippen LogP contribution is 2.25. The number of rotatable bonds is 8. The average Bonchev–Trinajstić information content (AvgIpc) is 2.64. The predicted molar refractivity (Wildman–Crippen MR) is 119 cm³/mol. The molecule has 0 heterocycles. The zero-order chi connectivity index (χ0) is 24.6. The summed E-state index contributed by atoms with van der Waals surface area (Å²) >= 11 is 0. The Morgan fingerprint density at radius 1 is 1.09 bits per heavy atom. The van der Waals surface area contributed by atoms with E-state index in [1.165, 1.54) is 24.3 Å². The molecule has 0 saturated carbocycles. The maximum atomic E-state index is 13.5. The molecule has 0 aliphatic carbocycles. The van der Waals surface area contributed by atoms with Gasteiger partial charge in [-0.3, -0.25) is 9.59 Å². The van der Waals surface area contributed by atoms with Gasteiger partial charge in [0.15, 0.2) is 0 Å². The number of aromatic hydroxyl groups is 1. The first-order valence-electron chi connectivity index (χ1n) is 10.5. The quantitative estimate of drug-likeness (QED) is 0.526. The molecule has 0 aliphatic heterocycles. The molecule has 32 heavy (non-hydrogen) atoms. The molecule has 2 unspecified atom stereocenters. The van der Waals surface area contributed by atoms with Crippen molar-refractivity contribution in [3.05, 3.63) is 29.8 Å². The van der Waals surface area contributed by atoms with Crippen LogP contribution in [0.15, 0.2) is 24.3 Å². The molecule has 1 aromatic rings. The minimum absolute atomic E-state index is 0.00146. The van der Waals surface area contributed by atoms with Crippen molar-refractivity contribution in [2.45, 2.75) is 72.2 Å². The Kier molecular flexibility index (Phi) is 9.51. The Morgan fingerprint density at radius 3 is 2.09 bits per heavy atom. The van der Waals surface area contributed by atoms with Crippen LogP contribution in [0.5, 0.6) is 5.75 Å². The van der Waals surface area contributed by atoms with E-state index in [1.54, 1.807) is 48.5 Å². The van der Waals surface area contributed by atoms with Gasteiger partial charge in [-0.05, 0) is 58.2 Å². The fourth-order valence-electron chi connectivity index (χ4n) is 2.99. The van der Waals surface area contributed by atoms with E-state index >= 15 is 0 Å². The van der Waals surface area contributed by atoms with Gasteiger partial charge in [0.1, 0.15) is 30.0 Å². The molecule has 3 amide bonds. The Bertz CT molecular complexity index is 837. The van der Waals surface area contributed by atoms with E-state index in [1.807, 2.05) is 6.07 Å². The number of amides is 3. The summed E-state index contributed by atoms with van der Waals surface area (Å²) in [5, 5.41) is 24.4. The zero-order valence-electron chi connectivity index (χ0n) is 19.8. The summed E-state index contributed by atoms with van der Waals surface area (Å²) in [6.07, 6.45) is -0.769. The minimum Gasteiger partial charge on any atom is -0.508 e. The Morgan fingerprint density at radius 2 is 1.66 bits per heavy atom. The molecule has 0 saturated heterocycles. The van der Waals surface area contributed by atoms with Gasteiger partial charge in [-0.1, -0.05) is 26.0 Å². The number of nitriles is 1. The van der Waals surface area contributed by atoms with Gasteiger partial charge < -0.3 is 25.4 Å². The number of hydrogen-bond acceptors (Lipinski definition) is 6. The Balaban J connectivity index is 3.38. The Labute approximate surface area is 189 Å². The summed E-state index contributed by atoms with van der Waals surface area (Å²) < 4.78 is 5.27. The van der Waals surface area contributed by atoms with Crippen LogP contribution in [0, 0.1) is 17.2 Å². The second kappa shape index (κ2) is 11.4. The molecule has 176 valence electrons. The van der Waals surface area contributed by atoms with Crippen LogP contribution in [0.4, 0.5) is 4.79 Å². The van der Waals surface area contributed by atoms with E-state index in [0.717, 1.165) is 4.90 Å². The third kappa shape index (κ3) is 8.10. The lowest BCUT2D eigenvalue weighted by Gasteiger charge is -2.34. The number of ether oxygens (including phenoxy) is 1. The first kappa shape index (κ1) is 26.8. The van der Waals surface area contributed by atoms with Crippen LogP contribution < -0.4 is 10.6 Å². The van der Waals surface area contributed by atoms with Crippen molar-refractivity contribution in [2.24, 2.45) is 5.92 Å². The maximum Gasteiger partial charge on any atom is 0.408 e. The number of benzene rings is 1. The second-order valence-electron chi connectivity index (χ2n) is 9.15. The van der Waals surface area contributed by atoms with E-state index in [2.05, 4.69) is 10.6 Å². The lowest BCUT2D eigenvalue weighted by atomic mass is 9.98. The molecule has 9 nitrogen and oxygen atoms in total. The molecule has 0 aliphatic rings. The maximum absolute atomic E-state index is 13.5. The van der Waals surface area contributed by atoms with Crippen molar-refractivity contribution >= 4 is 17.9 Å². The standard InChI is InChI=1S/C23H34N4O5/c1-14(2)18(26-22(31)32-23(5,6)7)21(30)27(13-12-24)19(20(29)25-15(3)4)16-8-10-17(28)11-9-16/h8-11,14-15,18-19,28H,13H2,1-7H3,(H,25,29)(H,26,31). The van der Waals surface area contributed by atoms with Crippen LogP contribution >= 0.6 is 0 Å². The summed E-state index contributed by atoms with van der Waals surface area (Å²) in [5.41, 5.74) is -0.337. The molecular formula is C23H34N4O5. The van der Waals surface area contributed by atoms with Gasteiger partial charge in [-0.2, -0.15) is 5.26 Å². The summed E-state index contributed by atoms with van der Waals surface area (Å²) in [6.45, 7) is 11.8. The number of carbonyl (C=O) groups is 3. The minimum atomic E-state index is -1.13. The molecule has 0 bridgehead atoms. The summed E-state index contributed by atoms with van der Waals surface area (Å²) in [6, 6.07) is 5.41. The van der Waals surface area contributed by atoms with Crippen molar-refractivity contribution in [3.63, 3.8) is 0 Å². The largest absolute Gasteiger partial charge is 0.508 e. The number of nitrogens with zero attached hydrogens (tertiary/aromatic N) is 2. The first-order chi connectivity index (χ1) is 14.8. The van der Waals surface area contributed by atoms with Crippen molar-refractivity contribution in [2.75, 3.05) is 6.54 Å². The monoisotopic (exact) mass is 446 g/mol. The average molecular weight is 447 g/mol. The highest BCUT2D eigenvalue weighted by molar-refractivity contribution is 5.92. The fourth-order valence-corrected chi connectivity index (χ4v) is 2.99. The molecule has 0 spiro atoms. The number of hydrogen-bond donors (Lipinski definition) is 3. The van der Waals surface area contributed by atoms with Crippen LogP contribution in [-0.2, 0) is 14.3 Å². The van der Waals surface area contributed by atoms with E-state index in [4.69, 9.17) is 4.74 Å². The van der Waals surface area contributed by atoms with Crippen LogP contribution in [0.1, 0.15) is 60.1 Å². The van der Waals surface area contributed by atoms with E-state index in [0.29, 0.717) is 5.56 Å². The molecule has 2 atom stereocenters. The van der Waals surface area contributed by atoms with Crippen LogP contribution in [0.25, 0.3) is 0 Å². The smallest absolute Gasteiger partial charge is 0.408 e. The molecule has 9 heteroatoms. The summed E-state index contributed by atoms with van der Waals surface area (Å²) in [5.74, 6) is -1.41. The Hall–Kier alpha value is -3.28. The fraction of sp³-hybridized carbons (Fsp3) is 0.565. The van der Waals surface area contributed by atoms with Gasteiger partial charge in [0.25, 0.3) is 0 Å². The lowest BCUT2D eigenvalue weighted by Crippen LogP contribution is -2.55. The molecule has 0 radical (unpaired) electrons. The van der Waals surface area contributed by atoms with E-state index in [9.17, 15) is 24.8 Å². The molecule has 3 N–H and O–H groups in total. The van der Waals surface area contributed by atoms with Crippen molar-refractivity contribution in [1.29, 1.82) is 5.26 Å². The highest BCUT2D eigenvalue weighted by Gasteiger charge is 2.37. The molecule has 0 fully saturated rings. The molecule has 0 aromatic heterocycles. The van der Waals surface area contributed by atoms with Gasteiger partial charge in [-0.15, -0.1) is 0 Å². The van der Waals surface area contributed by atoms with Crippen LogP contribution in [0.3, 0.4) is 0 Å². The van der Waals surface area contributed by atoms with Crippen LogP contribution in [0.2, 0.25) is 0 Å². The molecule has 1 rings (SSSR count). The third-order valence-electron chi connectivity index (χ3n) is 4.33. The lowest BCUT2D eigenvalue weighted by molar-refractivity contribution is -0.142. The second-order valence-corrected chi connectivity index (χ2v) is 9.15. The normalized spacial score (nSPS) is 13.1. The van der Waals surface area contributed by atoms with Crippen molar-refractivity contribution in [1.82, 2.24) is 15.5 Å². The van der Waals surface area contributed by atoms with Gasteiger partial charge in [0.05, 0.1) is 6.07 Å². The van der Waals surface area contributed by atoms with E-state index < -0.39 is 35.6 Å². The number of phenolic OH excluding ortho intramolecular Hbond substituents is 1. The van der Waals surface area contributed by atoms with Gasteiger partial charge in [0.2, 0.25) is 11.8 Å². The molecular weight excluding hydrogens is 412 g/mol. The van der Waals surface area contributed by atoms with E-state index in [-0.39, 0.29) is 24.3 Å².